The zero-order valence-electron chi connectivity index (χ0n) is 12.3. The number of hydrogen-bond donors (Lipinski definition) is 2. The molecule has 0 bridgehead atoms. The molecule has 2 aromatic rings. The lowest BCUT2D eigenvalue weighted by atomic mass is 10.1. The Bertz CT molecular complexity index is 850. The molecule has 122 valence electrons. The number of amides is 3. The average Bonchev–Trinajstić information content (AvgIpc) is 2.81. The molecule has 2 aromatic carbocycles. The topological polar surface area (TPSA) is 69.6 Å². The largest absolute Gasteiger partial charge is 0.506 e. The van der Waals surface area contributed by atoms with Crippen LogP contribution in [0.4, 0.5) is 4.79 Å². The molecule has 1 saturated heterocycles. The van der Waals surface area contributed by atoms with Crippen LogP contribution in [0.3, 0.4) is 0 Å². The molecule has 3 rings (SSSR count). The first-order valence-corrected chi connectivity index (χ1v) is 7.78. The summed E-state index contributed by atoms with van der Waals surface area (Å²) in [4.78, 5) is 25.6. The van der Waals surface area contributed by atoms with Gasteiger partial charge in [-0.15, -0.1) is 0 Å². The number of rotatable bonds is 3. The summed E-state index contributed by atoms with van der Waals surface area (Å²) in [6.07, 6.45) is 1.35. The number of hydrogen-bond acceptors (Lipinski definition) is 3. The summed E-state index contributed by atoms with van der Waals surface area (Å²) >= 11 is 11.8. The van der Waals surface area contributed by atoms with Crippen LogP contribution in [-0.2, 0) is 11.3 Å². The average molecular weight is 363 g/mol. The number of nitrogens with zero attached hydrogens (tertiary/aromatic N) is 1. The summed E-state index contributed by atoms with van der Waals surface area (Å²) in [5.74, 6) is -0.698. The summed E-state index contributed by atoms with van der Waals surface area (Å²) in [6.45, 7) is 0.158. The molecule has 0 atom stereocenters. The van der Waals surface area contributed by atoms with E-state index in [4.69, 9.17) is 23.2 Å². The highest BCUT2D eigenvalue weighted by molar-refractivity contribution is 6.36. The molecule has 0 radical (unpaired) electrons. The Kier molecular flexibility index (Phi) is 4.46. The number of carbonyl (C=O) groups excluding carboxylic acids is 2. The van der Waals surface area contributed by atoms with Gasteiger partial charge in [-0.25, -0.2) is 4.79 Å². The SMILES string of the molecule is O=C1N/C(=C/c2cc(Cl)cc(Cl)c2O)C(=O)N1Cc1ccccc1. The number of urea groups is 1. The van der Waals surface area contributed by atoms with E-state index in [2.05, 4.69) is 5.32 Å². The minimum Gasteiger partial charge on any atom is -0.506 e. The van der Waals surface area contributed by atoms with Gasteiger partial charge in [-0.2, -0.15) is 0 Å². The van der Waals surface area contributed by atoms with Gasteiger partial charge in [0.2, 0.25) is 0 Å². The number of halogens is 2. The van der Waals surface area contributed by atoms with E-state index in [-0.39, 0.29) is 28.6 Å². The third-order valence-corrected chi connectivity index (χ3v) is 4.01. The highest BCUT2D eigenvalue weighted by atomic mass is 35.5. The Labute approximate surface area is 148 Å². The van der Waals surface area contributed by atoms with Crippen LogP contribution in [-0.4, -0.2) is 21.9 Å². The van der Waals surface area contributed by atoms with Crippen molar-refractivity contribution in [1.29, 1.82) is 0 Å². The number of phenolic OH excluding ortho intramolecular Hbond substituents is 1. The fourth-order valence-electron chi connectivity index (χ4n) is 2.33. The molecule has 1 aliphatic rings. The van der Waals surface area contributed by atoms with Gasteiger partial charge < -0.3 is 10.4 Å². The van der Waals surface area contributed by atoms with Gasteiger partial charge in [0.15, 0.2) is 0 Å². The van der Waals surface area contributed by atoms with Crippen molar-refractivity contribution in [2.45, 2.75) is 6.54 Å². The van der Waals surface area contributed by atoms with Crippen LogP contribution < -0.4 is 5.32 Å². The molecular weight excluding hydrogens is 351 g/mol. The first kappa shape index (κ1) is 16.4. The molecule has 1 aliphatic heterocycles. The van der Waals surface area contributed by atoms with Crippen LogP contribution >= 0.6 is 23.2 Å². The van der Waals surface area contributed by atoms with Crippen molar-refractivity contribution in [2.75, 3.05) is 0 Å². The second kappa shape index (κ2) is 6.55. The lowest BCUT2D eigenvalue weighted by Gasteiger charge is -2.11. The summed E-state index contributed by atoms with van der Waals surface area (Å²) in [6, 6.07) is 11.5. The molecule has 1 heterocycles. The molecule has 3 amide bonds. The van der Waals surface area contributed by atoms with E-state index in [1.807, 2.05) is 30.3 Å². The van der Waals surface area contributed by atoms with Crippen molar-refractivity contribution in [3.05, 3.63) is 69.3 Å². The molecule has 0 saturated carbocycles. The molecule has 0 unspecified atom stereocenters. The molecule has 2 N–H and O–H groups in total. The van der Waals surface area contributed by atoms with Crippen LogP contribution in [0.2, 0.25) is 10.0 Å². The van der Waals surface area contributed by atoms with Crippen LogP contribution in [0.25, 0.3) is 6.08 Å². The zero-order valence-corrected chi connectivity index (χ0v) is 13.8. The first-order valence-electron chi connectivity index (χ1n) is 7.02. The molecular formula is C17H12Cl2N2O3. The fraction of sp³-hybridized carbons (Fsp3) is 0.0588. The van der Waals surface area contributed by atoms with Crippen molar-refractivity contribution in [1.82, 2.24) is 10.2 Å². The van der Waals surface area contributed by atoms with Gasteiger partial charge in [-0.1, -0.05) is 53.5 Å². The van der Waals surface area contributed by atoms with Crippen molar-refractivity contribution >= 4 is 41.2 Å². The minimum absolute atomic E-state index is 0.0459. The smallest absolute Gasteiger partial charge is 0.329 e. The van der Waals surface area contributed by atoms with Gasteiger partial charge in [-0.3, -0.25) is 9.69 Å². The second-order valence-corrected chi connectivity index (χ2v) is 6.03. The van der Waals surface area contributed by atoms with Crippen molar-refractivity contribution in [3.8, 4) is 5.75 Å². The maximum Gasteiger partial charge on any atom is 0.329 e. The summed E-state index contributed by atoms with van der Waals surface area (Å²) in [5, 5.41) is 12.8. The van der Waals surface area contributed by atoms with Crippen molar-refractivity contribution < 1.29 is 14.7 Å². The van der Waals surface area contributed by atoms with E-state index in [9.17, 15) is 14.7 Å². The number of benzene rings is 2. The van der Waals surface area contributed by atoms with Crippen LogP contribution in [0.1, 0.15) is 11.1 Å². The number of nitrogens with one attached hydrogen (secondary N) is 1. The van der Waals surface area contributed by atoms with E-state index >= 15 is 0 Å². The van der Waals surface area contributed by atoms with Gasteiger partial charge in [0.05, 0.1) is 11.6 Å². The number of carbonyl (C=O) groups is 2. The lowest BCUT2D eigenvalue weighted by Crippen LogP contribution is -2.30. The molecule has 7 heteroatoms. The molecule has 1 fully saturated rings. The first-order chi connectivity index (χ1) is 11.5. The van der Waals surface area contributed by atoms with Crippen molar-refractivity contribution in [3.63, 3.8) is 0 Å². The standard InChI is InChI=1S/C17H12Cl2N2O3/c18-12-6-11(15(22)13(19)8-12)7-14-16(23)21(17(24)20-14)9-10-4-2-1-3-5-10/h1-8,22H,9H2,(H,20,24)/b14-7+. The van der Waals surface area contributed by atoms with E-state index in [0.717, 1.165) is 10.5 Å². The number of phenols is 1. The fourth-order valence-corrected chi connectivity index (χ4v) is 2.84. The maximum atomic E-state index is 12.4. The zero-order chi connectivity index (χ0) is 17.3. The molecule has 0 aliphatic carbocycles. The minimum atomic E-state index is -0.525. The molecule has 24 heavy (non-hydrogen) atoms. The Morgan fingerprint density at radius 1 is 1.12 bits per heavy atom. The predicted molar refractivity (Wildman–Crippen MR) is 91.6 cm³/mol. The quantitative estimate of drug-likeness (QED) is 0.644. The second-order valence-electron chi connectivity index (χ2n) is 5.19. The molecule has 5 nitrogen and oxygen atoms in total. The van der Waals surface area contributed by atoms with Crippen LogP contribution in [0.5, 0.6) is 5.75 Å². The van der Waals surface area contributed by atoms with Gasteiger partial charge in [0.25, 0.3) is 5.91 Å². The lowest BCUT2D eigenvalue weighted by molar-refractivity contribution is -0.123. The number of aromatic hydroxyl groups is 1. The third-order valence-electron chi connectivity index (χ3n) is 3.50. The predicted octanol–water partition coefficient (Wildman–Crippen LogP) is 3.79. The summed E-state index contributed by atoms with van der Waals surface area (Å²) in [5.41, 5.74) is 1.12. The molecule has 0 spiro atoms. The van der Waals surface area contributed by atoms with Gasteiger partial charge >= 0.3 is 6.03 Å². The normalized spacial score (nSPS) is 15.9. The highest BCUT2D eigenvalue weighted by Crippen LogP contribution is 2.33. The van der Waals surface area contributed by atoms with E-state index in [1.54, 1.807) is 0 Å². The van der Waals surface area contributed by atoms with Crippen molar-refractivity contribution in [2.24, 2.45) is 0 Å². The third kappa shape index (κ3) is 3.22. The Hall–Kier alpha value is -2.50. The summed E-state index contributed by atoms with van der Waals surface area (Å²) in [7, 11) is 0. The van der Waals surface area contributed by atoms with Gasteiger partial charge in [-0.05, 0) is 23.8 Å². The Morgan fingerprint density at radius 3 is 2.54 bits per heavy atom. The highest BCUT2D eigenvalue weighted by Gasteiger charge is 2.33. The maximum absolute atomic E-state index is 12.4. The monoisotopic (exact) mass is 362 g/mol. The Morgan fingerprint density at radius 2 is 1.83 bits per heavy atom. The van der Waals surface area contributed by atoms with E-state index in [0.29, 0.717) is 5.02 Å². The Balaban J connectivity index is 1.89. The number of imide groups is 1. The van der Waals surface area contributed by atoms with Crippen LogP contribution in [0.15, 0.2) is 48.2 Å². The van der Waals surface area contributed by atoms with Crippen LogP contribution in [0, 0.1) is 0 Å². The van der Waals surface area contributed by atoms with E-state index < -0.39 is 11.9 Å². The van der Waals surface area contributed by atoms with Gasteiger partial charge in [0, 0.05) is 10.6 Å². The van der Waals surface area contributed by atoms with Gasteiger partial charge in [0.1, 0.15) is 11.4 Å². The summed E-state index contributed by atoms with van der Waals surface area (Å²) < 4.78 is 0. The molecule has 0 aromatic heterocycles. The van der Waals surface area contributed by atoms with E-state index in [1.165, 1.54) is 18.2 Å².